The molecule has 0 aromatic carbocycles. The molecular weight excluding hydrogens is 148 g/mol. The maximum Gasteiger partial charge on any atom is 0.0242 e. The second-order valence-corrected chi connectivity index (χ2v) is 3.65. The van der Waals surface area contributed by atoms with E-state index in [1.54, 1.807) is 0 Å². The van der Waals surface area contributed by atoms with E-state index in [0.29, 0.717) is 5.92 Å². The van der Waals surface area contributed by atoms with Crippen LogP contribution in [0.1, 0.15) is 19.4 Å². The van der Waals surface area contributed by atoms with Crippen LogP contribution in [0, 0.1) is 5.92 Å². The molecule has 2 heteroatoms. The lowest BCUT2D eigenvalue weighted by molar-refractivity contribution is 0.524. The van der Waals surface area contributed by atoms with Gasteiger partial charge in [0.25, 0.3) is 0 Å². The van der Waals surface area contributed by atoms with Crippen LogP contribution in [-0.2, 0) is 13.0 Å². The van der Waals surface area contributed by atoms with Gasteiger partial charge in [-0.25, -0.2) is 0 Å². The van der Waals surface area contributed by atoms with Gasteiger partial charge in [0.1, 0.15) is 0 Å². The fourth-order valence-corrected chi connectivity index (χ4v) is 1.34. The zero-order valence-corrected chi connectivity index (χ0v) is 7.96. The standard InChI is InChI=1S/C10H18N2/c1-9(2)7-12-6-4-10(8-12)3-5-11/h4,6,8-9H,3,5,7,11H2,1-2H3. The number of hydrogen-bond donors (Lipinski definition) is 1. The summed E-state index contributed by atoms with van der Waals surface area (Å²) in [6.07, 6.45) is 5.31. The van der Waals surface area contributed by atoms with Crippen molar-refractivity contribution in [1.82, 2.24) is 4.57 Å². The third-order valence-corrected chi connectivity index (χ3v) is 1.82. The molecule has 0 amide bonds. The summed E-state index contributed by atoms with van der Waals surface area (Å²) < 4.78 is 2.23. The van der Waals surface area contributed by atoms with Gasteiger partial charge in [-0.05, 0) is 30.5 Å². The Labute approximate surface area is 74.4 Å². The quantitative estimate of drug-likeness (QED) is 0.724. The van der Waals surface area contributed by atoms with Gasteiger partial charge < -0.3 is 10.3 Å². The molecule has 1 heterocycles. The molecule has 1 aromatic rings. The fraction of sp³-hybridized carbons (Fsp3) is 0.600. The van der Waals surface area contributed by atoms with Crippen LogP contribution in [0.2, 0.25) is 0 Å². The third kappa shape index (κ3) is 2.70. The summed E-state index contributed by atoms with van der Waals surface area (Å²) >= 11 is 0. The Morgan fingerprint density at radius 1 is 1.50 bits per heavy atom. The molecule has 0 fully saturated rings. The lowest BCUT2D eigenvalue weighted by atomic mass is 10.2. The van der Waals surface area contributed by atoms with Gasteiger partial charge in [0.05, 0.1) is 0 Å². The van der Waals surface area contributed by atoms with Crippen molar-refractivity contribution < 1.29 is 0 Å². The van der Waals surface area contributed by atoms with Crippen molar-refractivity contribution in [3.8, 4) is 0 Å². The average Bonchev–Trinajstić information content (AvgIpc) is 2.36. The first-order valence-electron chi connectivity index (χ1n) is 4.57. The second kappa shape index (κ2) is 4.31. The van der Waals surface area contributed by atoms with Crippen molar-refractivity contribution in [3.05, 3.63) is 24.0 Å². The monoisotopic (exact) mass is 166 g/mol. The van der Waals surface area contributed by atoms with E-state index in [0.717, 1.165) is 19.5 Å². The van der Waals surface area contributed by atoms with E-state index >= 15 is 0 Å². The minimum Gasteiger partial charge on any atom is -0.354 e. The van der Waals surface area contributed by atoms with Crippen LogP contribution < -0.4 is 5.73 Å². The van der Waals surface area contributed by atoms with Crippen LogP contribution in [0.15, 0.2) is 18.5 Å². The molecule has 68 valence electrons. The Balaban J connectivity index is 2.52. The van der Waals surface area contributed by atoms with E-state index in [4.69, 9.17) is 5.73 Å². The first-order valence-corrected chi connectivity index (χ1v) is 4.57. The number of hydrogen-bond acceptors (Lipinski definition) is 1. The Kier molecular flexibility index (Phi) is 3.35. The molecule has 0 spiro atoms. The molecule has 2 N–H and O–H groups in total. The van der Waals surface area contributed by atoms with E-state index in [-0.39, 0.29) is 0 Å². The fourth-order valence-electron chi connectivity index (χ4n) is 1.34. The lowest BCUT2D eigenvalue weighted by Crippen LogP contribution is -2.03. The smallest absolute Gasteiger partial charge is 0.0242 e. The molecule has 0 aliphatic carbocycles. The first-order chi connectivity index (χ1) is 5.72. The van der Waals surface area contributed by atoms with E-state index in [9.17, 15) is 0 Å². The Bertz CT molecular complexity index is 225. The average molecular weight is 166 g/mol. The SMILES string of the molecule is CC(C)Cn1ccc(CCN)c1. The summed E-state index contributed by atoms with van der Waals surface area (Å²) in [7, 11) is 0. The van der Waals surface area contributed by atoms with Crippen LogP contribution >= 0.6 is 0 Å². The molecule has 0 unspecified atom stereocenters. The van der Waals surface area contributed by atoms with Crippen molar-refractivity contribution in [2.24, 2.45) is 11.7 Å². The number of aromatic nitrogens is 1. The molecule has 2 nitrogen and oxygen atoms in total. The largest absolute Gasteiger partial charge is 0.354 e. The van der Waals surface area contributed by atoms with Crippen molar-refractivity contribution in [2.75, 3.05) is 6.54 Å². The minimum absolute atomic E-state index is 0.711. The van der Waals surface area contributed by atoms with E-state index in [1.807, 2.05) is 0 Å². The van der Waals surface area contributed by atoms with Crippen molar-refractivity contribution in [3.63, 3.8) is 0 Å². The molecule has 1 rings (SSSR count). The molecule has 0 saturated carbocycles. The molecule has 1 aromatic heterocycles. The van der Waals surface area contributed by atoms with Gasteiger partial charge in [-0.3, -0.25) is 0 Å². The summed E-state index contributed by atoms with van der Waals surface area (Å²) in [6.45, 7) is 6.29. The molecule has 0 atom stereocenters. The van der Waals surface area contributed by atoms with Crippen molar-refractivity contribution in [1.29, 1.82) is 0 Å². The van der Waals surface area contributed by atoms with Gasteiger partial charge in [0, 0.05) is 18.9 Å². The number of nitrogens with zero attached hydrogens (tertiary/aromatic N) is 1. The normalized spacial score (nSPS) is 11.0. The molecule has 0 saturated heterocycles. The highest BCUT2D eigenvalue weighted by molar-refractivity contribution is 5.10. The molecule has 0 aliphatic rings. The maximum absolute atomic E-state index is 5.46. The zero-order chi connectivity index (χ0) is 8.97. The maximum atomic E-state index is 5.46. The van der Waals surface area contributed by atoms with Crippen LogP contribution in [0.5, 0.6) is 0 Å². The summed E-state index contributed by atoms with van der Waals surface area (Å²) in [5.41, 5.74) is 6.81. The van der Waals surface area contributed by atoms with E-state index in [2.05, 4.69) is 36.9 Å². The van der Waals surface area contributed by atoms with Crippen LogP contribution in [0.25, 0.3) is 0 Å². The summed E-state index contributed by atoms with van der Waals surface area (Å²) in [6, 6.07) is 2.15. The summed E-state index contributed by atoms with van der Waals surface area (Å²) in [5, 5.41) is 0. The molecule has 0 bridgehead atoms. The van der Waals surface area contributed by atoms with E-state index in [1.165, 1.54) is 5.56 Å². The van der Waals surface area contributed by atoms with Gasteiger partial charge >= 0.3 is 0 Å². The third-order valence-electron chi connectivity index (χ3n) is 1.82. The molecule has 0 aliphatic heterocycles. The Morgan fingerprint density at radius 2 is 2.25 bits per heavy atom. The minimum atomic E-state index is 0.711. The highest BCUT2D eigenvalue weighted by atomic mass is 14.9. The van der Waals surface area contributed by atoms with Gasteiger partial charge in [-0.2, -0.15) is 0 Å². The molecule has 12 heavy (non-hydrogen) atoms. The Morgan fingerprint density at radius 3 is 2.83 bits per heavy atom. The van der Waals surface area contributed by atoms with Gasteiger partial charge in [-0.1, -0.05) is 13.8 Å². The van der Waals surface area contributed by atoms with Crippen LogP contribution in [0.4, 0.5) is 0 Å². The lowest BCUT2D eigenvalue weighted by Gasteiger charge is -2.04. The predicted octanol–water partition coefficient (Wildman–Crippen LogP) is 1.65. The van der Waals surface area contributed by atoms with Gasteiger partial charge in [0.15, 0.2) is 0 Å². The van der Waals surface area contributed by atoms with Gasteiger partial charge in [0.2, 0.25) is 0 Å². The van der Waals surface area contributed by atoms with Crippen LogP contribution in [-0.4, -0.2) is 11.1 Å². The van der Waals surface area contributed by atoms with Gasteiger partial charge in [-0.15, -0.1) is 0 Å². The van der Waals surface area contributed by atoms with E-state index < -0.39 is 0 Å². The van der Waals surface area contributed by atoms with Crippen molar-refractivity contribution >= 4 is 0 Å². The Hall–Kier alpha value is -0.760. The number of nitrogens with two attached hydrogens (primary N) is 1. The topological polar surface area (TPSA) is 30.9 Å². The molecule has 0 radical (unpaired) electrons. The summed E-state index contributed by atoms with van der Waals surface area (Å²) in [5.74, 6) is 0.711. The second-order valence-electron chi connectivity index (χ2n) is 3.65. The van der Waals surface area contributed by atoms with Crippen LogP contribution in [0.3, 0.4) is 0 Å². The predicted molar refractivity (Wildman–Crippen MR) is 52.0 cm³/mol. The highest BCUT2D eigenvalue weighted by Crippen LogP contribution is 2.04. The first kappa shape index (κ1) is 9.33. The summed E-state index contributed by atoms with van der Waals surface area (Å²) in [4.78, 5) is 0. The number of rotatable bonds is 4. The van der Waals surface area contributed by atoms with Crippen molar-refractivity contribution in [2.45, 2.75) is 26.8 Å². The highest BCUT2D eigenvalue weighted by Gasteiger charge is 1.97. The molecular formula is C10H18N2. The zero-order valence-electron chi connectivity index (χ0n) is 7.96.